The van der Waals surface area contributed by atoms with E-state index >= 15 is 0 Å². The minimum atomic E-state index is -0.428. The van der Waals surface area contributed by atoms with Crippen molar-refractivity contribution in [3.05, 3.63) is 29.8 Å². The molecule has 114 valence electrons. The second-order valence-electron chi connectivity index (χ2n) is 5.39. The first kappa shape index (κ1) is 17.5. The topological polar surface area (TPSA) is 46.2 Å². The summed E-state index contributed by atoms with van der Waals surface area (Å²) in [6.45, 7) is 5.05. The number of aliphatic hydroxyl groups excluding tert-OH is 1. The molecule has 0 aromatic heterocycles. The summed E-state index contributed by atoms with van der Waals surface area (Å²) in [6, 6.07) is 8.26. The van der Waals surface area contributed by atoms with Crippen LogP contribution >= 0.6 is 11.8 Å². The molecule has 1 aromatic carbocycles. The van der Waals surface area contributed by atoms with Crippen molar-refractivity contribution in [2.45, 2.75) is 57.0 Å². The molecule has 0 heterocycles. The second kappa shape index (κ2) is 10.3. The second-order valence-corrected chi connectivity index (χ2v) is 6.49. The normalized spacial score (nSPS) is 14.2. The summed E-state index contributed by atoms with van der Waals surface area (Å²) >= 11 is 1.91. The van der Waals surface area contributed by atoms with Crippen LogP contribution in [0.3, 0.4) is 0 Å². The zero-order valence-electron chi connectivity index (χ0n) is 12.8. The van der Waals surface area contributed by atoms with Crippen LogP contribution in [0.25, 0.3) is 0 Å². The van der Waals surface area contributed by atoms with Gasteiger partial charge in [0.1, 0.15) is 0 Å². The summed E-state index contributed by atoms with van der Waals surface area (Å²) in [4.78, 5) is 1.26. The monoisotopic (exact) mass is 295 g/mol. The molecule has 0 bridgehead atoms. The van der Waals surface area contributed by atoms with Gasteiger partial charge in [-0.3, -0.25) is 0 Å². The van der Waals surface area contributed by atoms with E-state index in [1.807, 2.05) is 23.9 Å². The fourth-order valence-electron chi connectivity index (χ4n) is 2.25. The van der Waals surface area contributed by atoms with Crippen molar-refractivity contribution in [1.82, 2.24) is 0 Å². The first-order chi connectivity index (χ1) is 9.71. The summed E-state index contributed by atoms with van der Waals surface area (Å²) in [7, 11) is 0. The van der Waals surface area contributed by atoms with Gasteiger partial charge < -0.3 is 10.8 Å². The summed E-state index contributed by atoms with van der Waals surface area (Å²) < 4.78 is 0. The van der Waals surface area contributed by atoms with E-state index in [2.05, 4.69) is 26.0 Å². The molecule has 0 amide bonds. The quantitative estimate of drug-likeness (QED) is 0.630. The van der Waals surface area contributed by atoms with Gasteiger partial charge in [-0.25, -0.2) is 0 Å². The maximum Gasteiger partial charge on any atom is 0.0802 e. The standard InChI is InChI=1S/C17H29NOS/c1-3-5-7-14(4-2)13-20-16-9-6-8-15(12-16)17(19)10-11-18/h6,8-9,12,14,17,19H,3-5,7,10-11,13,18H2,1-2H3/t14?,17-/m1/s1. The fourth-order valence-corrected chi connectivity index (χ4v) is 3.47. The molecular weight excluding hydrogens is 266 g/mol. The lowest BCUT2D eigenvalue weighted by Gasteiger charge is -2.15. The van der Waals surface area contributed by atoms with E-state index in [0.29, 0.717) is 13.0 Å². The molecule has 20 heavy (non-hydrogen) atoms. The lowest BCUT2D eigenvalue weighted by molar-refractivity contribution is 0.170. The lowest BCUT2D eigenvalue weighted by atomic mass is 10.0. The van der Waals surface area contributed by atoms with Gasteiger partial charge in [0.2, 0.25) is 0 Å². The zero-order chi connectivity index (χ0) is 14.8. The molecule has 0 spiro atoms. The number of rotatable bonds is 10. The van der Waals surface area contributed by atoms with Gasteiger partial charge in [-0.15, -0.1) is 11.8 Å². The van der Waals surface area contributed by atoms with Gasteiger partial charge in [0.15, 0.2) is 0 Å². The van der Waals surface area contributed by atoms with Crippen molar-refractivity contribution in [1.29, 1.82) is 0 Å². The number of aliphatic hydroxyl groups is 1. The molecule has 1 unspecified atom stereocenters. The highest BCUT2D eigenvalue weighted by molar-refractivity contribution is 7.99. The molecular formula is C17H29NOS. The van der Waals surface area contributed by atoms with Crippen molar-refractivity contribution in [3.63, 3.8) is 0 Å². The molecule has 0 radical (unpaired) electrons. The molecule has 2 nitrogen and oxygen atoms in total. The van der Waals surface area contributed by atoms with Crippen molar-refractivity contribution >= 4 is 11.8 Å². The Hall–Kier alpha value is -0.510. The van der Waals surface area contributed by atoms with Crippen molar-refractivity contribution < 1.29 is 5.11 Å². The largest absolute Gasteiger partial charge is 0.388 e. The van der Waals surface area contributed by atoms with E-state index in [4.69, 9.17) is 5.73 Å². The number of unbranched alkanes of at least 4 members (excludes halogenated alkanes) is 1. The molecule has 0 aliphatic heterocycles. The molecule has 0 saturated heterocycles. The molecule has 1 rings (SSSR count). The van der Waals surface area contributed by atoms with E-state index in [1.165, 1.54) is 36.3 Å². The van der Waals surface area contributed by atoms with E-state index in [9.17, 15) is 5.11 Å². The van der Waals surface area contributed by atoms with Crippen LogP contribution in [0.1, 0.15) is 57.6 Å². The van der Waals surface area contributed by atoms with Crippen LogP contribution < -0.4 is 5.73 Å². The minimum absolute atomic E-state index is 0.428. The Kier molecular flexibility index (Phi) is 8.99. The van der Waals surface area contributed by atoms with E-state index in [-0.39, 0.29) is 0 Å². The number of hydrogen-bond acceptors (Lipinski definition) is 3. The van der Waals surface area contributed by atoms with Crippen molar-refractivity contribution in [2.75, 3.05) is 12.3 Å². The summed E-state index contributed by atoms with van der Waals surface area (Å²) in [5.41, 5.74) is 6.49. The predicted molar refractivity (Wildman–Crippen MR) is 89.1 cm³/mol. The predicted octanol–water partition coefficient (Wildman–Crippen LogP) is 4.38. The average molecular weight is 295 g/mol. The van der Waals surface area contributed by atoms with E-state index in [0.717, 1.165) is 11.5 Å². The first-order valence-corrected chi connectivity index (χ1v) is 8.80. The lowest BCUT2D eigenvalue weighted by Crippen LogP contribution is -2.06. The van der Waals surface area contributed by atoms with Gasteiger partial charge in [-0.05, 0) is 43.0 Å². The Bertz CT molecular complexity index is 370. The van der Waals surface area contributed by atoms with E-state index in [1.54, 1.807) is 0 Å². The Labute approximate surface area is 128 Å². The van der Waals surface area contributed by atoms with Gasteiger partial charge >= 0.3 is 0 Å². The molecule has 0 fully saturated rings. The summed E-state index contributed by atoms with van der Waals surface area (Å²) in [6.07, 6.45) is 5.39. The van der Waals surface area contributed by atoms with Crippen molar-refractivity contribution in [3.8, 4) is 0 Å². The number of benzene rings is 1. The van der Waals surface area contributed by atoms with Crippen LogP contribution in [0, 0.1) is 5.92 Å². The third-order valence-electron chi connectivity index (χ3n) is 3.71. The fraction of sp³-hybridized carbons (Fsp3) is 0.647. The number of hydrogen-bond donors (Lipinski definition) is 2. The van der Waals surface area contributed by atoms with E-state index < -0.39 is 6.10 Å². The van der Waals surface area contributed by atoms with Crippen LogP contribution in [-0.4, -0.2) is 17.4 Å². The SMILES string of the molecule is CCCCC(CC)CSc1cccc([C@H](O)CCN)c1. The van der Waals surface area contributed by atoms with Gasteiger partial charge in [-0.1, -0.05) is 45.2 Å². The van der Waals surface area contributed by atoms with Crippen molar-refractivity contribution in [2.24, 2.45) is 11.7 Å². The molecule has 0 aliphatic carbocycles. The molecule has 0 saturated carbocycles. The van der Waals surface area contributed by atoms with Gasteiger partial charge in [0, 0.05) is 10.6 Å². The summed E-state index contributed by atoms with van der Waals surface area (Å²) in [5.74, 6) is 1.98. The average Bonchev–Trinajstić information content (AvgIpc) is 2.48. The molecule has 0 aliphatic rings. The highest BCUT2D eigenvalue weighted by Gasteiger charge is 2.09. The molecule has 3 N–H and O–H groups in total. The van der Waals surface area contributed by atoms with Crippen LogP contribution in [0.15, 0.2) is 29.2 Å². The Morgan fingerprint density at radius 3 is 2.70 bits per heavy atom. The number of thioether (sulfide) groups is 1. The third kappa shape index (κ3) is 6.29. The highest BCUT2D eigenvalue weighted by Crippen LogP contribution is 2.27. The third-order valence-corrected chi connectivity index (χ3v) is 4.94. The van der Waals surface area contributed by atoms with Crippen LogP contribution in [0.4, 0.5) is 0 Å². The van der Waals surface area contributed by atoms with Crippen LogP contribution in [0.2, 0.25) is 0 Å². The zero-order valence-corrected chi connectivity index (χ0v) is 13.7. The Morgan fingerprint density at radius 1 is 1.25 bits per heavy atom. The molecule has 2 atom stereocenters. The minimum Gasteiger partial charge on any atom is -0.388 e. The highest BCUT2D eigenvalue weighted by atomic mass is 32.2. The molecule has 3 heteroatoms. The Morgan fingerprint density at radius 2 is 2.05 bits per heavy atom. The first-order valence-electron chi connectivity index (χ1n) is 7.82. The van der Waals surface area contributed by atoms with Crippen LogP contribution in [0.5, 0.6) is 0 Å². The Balaban J connectivity index is 2.52. The number of nitrogens with two attached hydrogens (primary N) is 1. The van der Waals surface area contributed by atoms with Crippen LogP contribution in [-0.2, 0) is 0 Å². The maximum absolute atomic E-state index is 10.00. The maximum atomic E-state index is 10.00. The smallest absolute Gasteiger partial charge is 0.0802 e. The molecule has 1 aromatic rings. The van der Waals surface area contributed by atoms with Gasteiger partial charge in [0.05, 0.1) is 6.10 Å². The van der Waals surface area contributed by atoms with Gasteiger partial charge in [-0.2, -0.15) is 0 Å². The summed E-state index contributed by atoms with van der Waals surface area (Å²) in [5, 5.41) is 10.00. The van der Waals surface area contributed by atoms with Gasteiger partial charge in [0.25, 0.3) is 0 Å².